The van der Waals surface area contributed by atoms with Gasteiger partial charge in [0, 0.05) is 178 Å². The maximum Gasteiger partial charge on any atom is 0.263 e. The van der Waals surface area contributed by atoms with Crippen LogP contribution in [0.2, 0.25) is 0 Å². The van der Waals surface area contributed by atoms with E-state index in [0.29, 0.717) is 80.4 Å². The normalized spacial score (nSPS) is 16.4. The van der Waals surface area contributed by atoms with Crippen LogP contribution in [0.3, 0.4) is 0 Å². The average molecular weight is 1540 g/mol. The van der Waals surface area contributed by atoms with Crippen molar-refractivity contribution in [2.75, 3.05) is 197 Å². The zero-order valence-corrected chi connectivity index (χ0v) is 63.1. The molecule has 5 saturated heterocycles. The molecule has 5 fully saturated rings. The number of hydrogen-bond donors (Lipinski definition) is 10. The van der Waals surface area contributed by atoms with Gasteiger partial charge in [-0.1, -0.05) is 0 Å². The minimum absolute atomic E-state index is 0.110. The summed E-state index contributed by atoms with van der Waals surface area (Å²) in [6, 6.07) is 15.2. The number of anilines is 12. The highest BCUT2D eigenvalue weighted by atomic mass is 16.5. The molecule has 0 aliphatic carbocycles. The number of likely N-dealkylation sites (N-methyl/N-ethyl adjacent to an activating group) is 1. The molecular formula is C73H88N32O8. The molecular weight excluding hydrogens is 1450 g/mol. The lowest BCUT2D eigenvalue weighted by Crippen LogP contribution is -2.50. The van der Waals surface area contributed by atoms with E-state index in [1.54, 1.807) is 78.4 Å². The van der Waals surface area contributed by atoms with Gasteiger partial charge >= 0.3 is 0 Å². The third-order valence-electron chi connectivity index (χ3n) is 19.8. The molecule has 0 aromatic carbocycles. The highest BCUT2D eigenvalue weighted by Crippen LogP contribution is 2.33. The van der Waals surface area contributed by atoms with E-state index in [9.17, 15) is 19.2 Å². The highest BCUT2D eigenvalue weighted by Gasteiger charge is 2.33. The molecule has 113 heavy (non-hydrogen) atoms. The van der Waals surface area contributed by atoms with Crippen LogP contribution in [0.15, 0.2) is 123 Å². The number of ether oxygens (including phenoxy) is 4. The van der Waals surface area contributed by atoms with E-state index in [-0.39, 0.29) is 45.5 Å². The molecule has 0 saturated carbocycles. The van der Waals surface area contributed by atoms with Crippen molar-refractivity contribution in [1.29, 1.82) is 0 Å². The molecule has 0 radical (unpaired) electrons. The quantitative estimate of drug-likeness (QED) is 0.0664. The Bertz CT molecular complexity index is 5430. The maximum absolute atomic E-state index is 13.0. The van der Waals surface area contributed by atoms with Crippen LogP contribution in [0.25, 0.3) is 22.6 Å². The number of piperazine rings is 4. The maximum atomic E-state index is 13.0. The Kier molecular flexibility index (Phi) is 23.0. The SMILES string of the molecule is COc1ccncc1NC(=O)c1c(N)nn2ccc(N3CCN(C)CC3)nc12.COc1ccncc1NC(=O)c1c(N)nn2ccc(N3CCN4CCC[C@@H]4C3)nc12.COc1ccncc1NC(=O)c1c(N)nn2ccc(N3CCNC(C)C3)nc12.COc1ccncc1NC(=O)c1c(N)nn2ccc(N3CCNCC3)nc12. The highest BCUT2D eigenvalue weighted by molar-refractivity contribution is 6.14. The molecule has 12 aromatic rings. The summed E-state index contributed by atoms with van der Waals surface area (Å²) in [7, 11) is 8.21. The lowest BCUT2D eigenvalue weighted by atomic mass is 10.1. The number of nitrogens with one attached hydrogen (secondary N) is 6. The molecule has 5 aliphatic heterocycles. The summed E-state index contributed by atoms with van der Waals surface area (Å²) in [4.78, 5) is 100. The van der Waals surface area contributed by atoms with E-state index in [1.807, 2.05) is 24.3 Å². The predicted molar refractivity (Wildman–Crippen MR) is 426 cm³/mol. The standard InChI is InChI=1S/C20H24N8O2.2C18H22N8O2.C17H20N8O2/c1-30-15-4-6-22-11-14(15)23-20(29)17-18(21)25-28-8-5-16(24-19(17)28)27-10-9-26-7-2-3-13(26)12-27;1-11-10-25(8-6-21-11)14-4-7-26-17(23-14)15(16(19)24-26)18(27)22-12-9-20-5-3-13(12)28-2;1-24-7-9-25(10-8-24)14-4-6-26-17(22-14)15(16(19)23-26)18(27)21-12-11-20-5-3-13(12)28-2;1-27-12-2-4-20-10-11(12)21-17(26)14-15(18)23-25-7-3-13(22-16(14)25)24-8-5-19-6-9-24/h4-6,8,11,13H,2-3,7,9-10,12H2,1H3,(H2,21,25)(H,23,29);3-5,7,9,11,21H,6,8,10H2,1-2H3,(H2,19,24)(H,22,27);3-6,11H,7-10H2,1-2H3,(H2,19,23)(H,21,27);2-4,7,10,19H,5-6,8-9H2,1H3,(H2,18,23)(H,21,26)/t13-;;;/m1.../s1. The van der Waals surface area contributed by atoms with E-state index in [2.05, 4.69) is 131 Å². The van der Waals surface area contributed by atoms with Gasteiger partial charge in [-0.3, -0.25) is 44.0 Å². The topological polar surface area (TPSA) is 473 Å². The van der Waals surface area contributed by atoms with Gasteiger partial charge in [-0.05, 0) is 57.6 Å². The fourth-order valence-electron chi connectivity index (χ4n) is 13.9. The second-order valence-electron chi connectivity index (χ2n) is 27.0. The van der Waals surface area contributed by atoms with Crippen molar-refractivity contribution in [3.8, 4) is 23.0 Å². The number of rotatable bonds is 16. The number of carbonyl (C=O) groups is 4. The zero-order chi connectivity index (χ0) is 78.8. The number of methoxy groups -OCH3 is 4. The summed E-state index contributed by atoms with van der Waals surface area (Å²) < 4.78 is 27.1. The third kappa shape index (κ3) is 16.8. The number of nitrogens with two attached hydrogens (primary N) is 4. The molecule has 40 nitrogen and oxygen atoms in total. The minimum atomic E-state index is -0.419. The molecule has 17 heterocycles. The third-order valence-corrected chi connectivity index (χ3v) is 19.8. The summed E-state index contributed by atoms with van der Waals surface area (Å²) >= 11 is 0. The number of amides is 4. The van der Waals surface area contributed by atoms with Crippen molar-refractivity contribution in [3.63, 3.8) is 0 Å². The summed E-state index contributed by atoms with van der Waals surface area (Å²) in [6.07, 6.45) is 22.0. The van der Waals surface area contributed by atoms with Gasteiger partial charge < -0.3 is 98.3 Å². The summed E-state index contributed by atoms with van der Waals surface area (Å²) in [5, 5.41) is 34.7. The monoisotopic (exact) mass is 1540 g/mol. The Morgan fingerprint density at radius 1 is 0.416 bits per heavy atom. The number of pyridine rings is 4. The van der Waals surface area contributed by atoms with Crippen molar-refractivity contribution in [2.45, 2.75) is 31.8 Å². The van der Waals surface area contributed by atoms with Gasteiger partial charge in [-0.25, -0.2) is 38.0 Å². The van der Waals surface area contributed by atoms with Crippen molar-refractivity contribution in [1.82, 2.24) is 98.8 Å². The Labute approximate surface area is 647 Å². The smallest absolute Gasteiger partial charge is 0.263 e. The van der Waals surface area contributed by atoms with Gasteiger partial charge in [0.2, 0.25) is 0 Å². The van der Waals surface area contributed by atoms with Gasteiger partial charge in [-0.15, -0.1) is 20.4 Å². The van der Waals surface area contributed by atoms with Gasteiger partial charge in [0.15, 0.2) is 45.9 Å². The Morgan fingerprint density at radius 3 is 1.10 bits per heavy atom. The van der Waals surface area contributed by atoms with Gasteiger partial charge in [0.05, 0.1) is 53.2 Å². The predicted octanol–water partition coefficient (Wildman–Crippen LogP) is 3.11. The van der Waals surface area contributed by atoms with Gasteiger partial charge in [0.1, 0.15) is 91.3 Å². The number of nitrogen functional groups attached to an aromatic ring is 4. The lowest BCUT2D eigenvalue weighted by molar-refractivity contribution is 0.102. The summed E-state index contributed by atoms with van der Waals surface area (Å²) in [5.41, 5.74) is 28.5. The van der Waals surface area contributed by atoms with Gasteiger partial charge in [-0.2, -0.15) is 0 Å². The fourth-order valence-corrected chi connectivity index (χ4v) is 13.9. The van der Waals surface area contributed by atoms with Crippen LogP contribution in [0.5, 0.6) is 23.0 Å². The molecule has 40 heteroatoms. The van der Waals surface area contributed by atoms with Crippen LogP contribution in [-0.2, 0) is 0 Å². The molecule has 14 N–H and O–H groups in total. The van der Waals surface area contributed by atoms with Crippen LogP contribution >= 0.6 is 0 Å². The second-order valence-corrected chi connectivity index (χ2v) is 27.0. The lowest BCUT2D eigenvalue weighted by Gasteiger charge is -2.38. The number of aromatic nitrogens is 16. The minimum Gasteiger partial charge on any atom is -0.494 e. The molecule has 5 aliphatic rings. The van der Waals surface area contributed by atoms with Crippen LogP contribution in [0.1, 0.15) is 61.2 Å². The molecule has 17 rings (SSSR count). The van der Waals surface area contributed by atoms with Crippen molar-refractivity contribution in [2.24, 2.45) is 0 Å². The van der Waals surface area contributed by atoms with E-state index in [0.717, 1.165) is 115 Å². The number of carbonyl (C=O) groups excluding carboxylic acids is 4. The average Bonchev–Trinajstić information content (AvgIpc) is 1.65. The molecule has 12 aromatic heterocycles. The van der Waals surface area contributed by atoms with Crippen molar-refractivity contribution in [3.05, 3.63) is 145 Å². The molecule has 4 amide bonds. The molecule has 0 spiro atoms. The van der Waals surface area contributed by atoms with Crippen molar-refractivity contribution < 1.29 is 38.1 Å². The Balaban J connectivity index is 0.000000125. The summed E-state index contributed by atoms with van der Waals surface area (Å²) in [5.74, 6) is 4.03. The zero-order valence-electron chi connectivity index (χ0n) is 63.1. The Hall–Kier alpha value is -13.6. The first-order chi connectivity index (χ1) is 54.9. The van der Waals surface area contributed by atoms with Crippen molar-refractivity contribution >= 4 is 116 Å². The molecule has 1 unspecified atom stereocenters. The van der Waals surface area contributed by atoms with Crippen LogP contribution in [-0.4, -0.2) is 257 Å². The molecule has 588 valence electrons. The van der Waals surface area contributed by atoms with E-state index < -0.39 is 23.6 Å². The number of fused-ring (bicyclic) bond motifs is 5. The number of hydrogen-bond acceptors (Lipinski definition) is 32. The second kappa shape index (κ2) is 34.1. The van der Waals surface area contributed by atoms with E-state index in [1.165, 1.54) is 86.2 Å². The molecule has 0 bridgehead atoms. The van der Waals surface area contributed by atoms with Crippen LogP contribution in [0.4, 0.5) is 69.3 Å². The largest absolute Gasteiger partial charge is 0.494 e. The first kappa shape index (κ1) is 76.2. The Morgan fingerprint density at radius 2 is 0.743 bits per heavy atom. The van der Waals surface area contributed by atoms with Gasteiger partial charge in [0.25, 0.3) is 23.6 Å². The molecule has 2 atom stereocenters. The van der Waals surface area contributed by atoms with E-state index >= 15 is 0 Å². The first-order valence-corrected chi connectivity index (χ1v) is 36.6. The van der Waals surface area contributed by atoms with Crippen LogP contribution < -0.4 is 93.4 Å². The number of nitrogens with zero attached hydrogens (tertiary/aromatic N) is 22. The van der Waals surface area contributed by atoms with Crippen LogP contribution in [0, 0.1) is 0 Å². The summed E-state index contributed by atoms with van der Waals surface area (Å²) in [6.45, 7) is 15.9. The fraction of sp³-hybridized carbons (Fsp3) is 0.342. The van der Waals surface area contributed by atoms with E-state index in [4.69, 9.17) is 46.9 Å². The first-order valence-electron chi connectivity index (χ1n) is 36.6.